The number of amides is 1. The average molecular weight is 460 g/mol. The molecule has 2 aromatic rings. The number of likely N-dealkylation sites (N-methyl/N-ethyl adjacent to an activating group) is 1. The predicted octanol–water partition coefficient (Wildman–Crippen LogP) is 3.14. The summed E-state index contributed by atoms with van der Waals surface area (Å²) in [4.78, 5) is 15.5. The number of anilines is 1. The zero-order valence-electron chi connectivity index (χ0n) is 15.1. The predicted molar refractivity (Wildman–Crippen MR) is 109 cm³/mol. The van der Waals surface area contributed by atoms with Crippen LogP contribution >= 0.6 is 27.3 Å². The molecule has 0 saturated heterocycles. The number of rotatable bonds is 7. The molecule has 0 aliphatic carbocycles. The molecular formula is C17H22BrN3O3S2. The van der Waals surface area contributed by atoms with Crippen LogP contribution in [0.1, 0.15) is 10.4 Å². The van der Waals surface area contributed by atoms with Crippen LogP contribution in [-0.4, -0.2) is 51.2 Å². The van der Waals surface area contributed by atoms with Crippen LogP contribution in [0.25, 0.3) is 0 Å². The summed E-state index contributed by atoms with van der Waals surface area (Å²) in [5.41, 5.74) is 1.10. The molecule has 1 amide bonds. The van der Waals surface area contributed by atoms with Crippen LogP contribution in [0.4, 0.5) is 5.69 Å². The molecule has 1 aromatic heterocycles. The molecule has 26 heavy (non-hydrogen) atoms. The standard InChI is InChI=1S/C17H22BrN3O3S2/c1-12-5-6-13(9-15(12)26(23,24)20(2)3)19-17(22)11-21(4)10-14-7-8-16(18)25-14/h5-9H,10-11H2,1-4H3,(H,19,22). The van der Waals surface area contributed by atoms with E-state index in [1.165, 1.54) is 20.2 Å². The molecule has 0 atom stereocenters. The van der Waals surface area contributed by atoms with Crippen molar-refractivity contribution < 1.29 is 13.2 Å². The van der Waals surface area contributed by atoms with Crippen molar-refractivity contribution in [3.63, 3.8) is 0 Å². The second kappa shape index (κ2) is 8.62. The van der Waals surface area contributed by atoms with Gasteiger partial charge in [-0.3, -0.25) is 9.69 Å². The highest BCUT2D eigenvalue weighted by Gasteiger charge is 2.20. The van der Waals surface area contributed by atoms with E-state index in [1.807, 2.05) is 24.1 Å². The molecule has 0 aliphatic rings. The molecule has 1 N–H and O–H groups in total. The summed E-state index contributed by atoms with van der Waals surface area (Å²) in [5.74, 6) is -0.194. The maximum atomic E-state index is 12.4. The number of hydrogen-bond donors (Lipinski definition) is 1. The lowest BCUT2D eigenvalue weighted by Crippen LogP contribution is -2.29. The number of thiophene rings is 1. The van der Waals surface area contributed by atoms with E-state index in [2.05, 4.69) is 21.2 Å². The summed E-state index contributed by atoms with van der Waals surface area (Å²) < 4.78 is 27.0. The van der Waals surface area contributed by atoms with E-state index in [0.29, 0.717) is 17.8 Å². The maximum absolute atomic E-state index is 12.4. The Balaban J connectivity index is 2.05. The van der Waals surface area contributed by atoms with Gasteiger partial charge in [0.2, 0.25) is 15.9 Å². The molecule has 9 heteroatoms. The third kappa shape index (κ3) is 5.37. The third-order valence-electron chi connectivity index (χ3n) is 3.70. The molecule has 0 radical (unpaired) electrons. The Hall–Kier alpha value is -1.26. The van der Waals surface area contributed by atoms with Gasteiger partial charge >= 0.3 is 0 Å². The average Bonchev–Trinajstić information content (AvgIpc) is 2.93. The van der Waals surface area contributed by atoms with Gasteiger partial charge in [-0.2, -0.15) is 0 Å². The minimum absolute atomic E-state index is 0.192. The second-order valence-corrected chi connectivity index (χ2v) is 10.9. The Morgan fingerprint density at radius 2 is 1.88 bits per heavy atom. The van der Waals surface area contributed by atoms with Gasteiger partial charge in [0.05, 0.1) is 15.2 Å². The first-order chi connectivity index (χ1) is 12.1. The first-order valence-electron chi connectivity index (χ1n) is 7.85. The molecule has 2 rings (SSSR count). The molecule has 142 valence electrons. The van der Waals surface area contributed by atoms with Crippen molar-refractivity contribution >= 4 is 48.9 Å². The maximum Gasteiger partial charge on any atom is 0.242 e. The van der Waals surface area contributed by atoms with Crippen molar-refractivity contribution in [2.45, 2.75) is 18.4 Å². The zero-order valence-corrected chi connectivity index (χ0v) is 18.3. The van der Waals surface area contributed by atoms with Crippen LogP contribution < -0.4 is 5.32 Å². The van der Waals surface area contributed by atoms with E-state index in [4.69, 9.17) is 0 Å². The molecule has 0 bridgehead atoms. The number of carbonyl (C=O) groups is 1. The van der Waals surface area contributed by atoms with Crippen molar-refractivity contribution in [3.05, 3.63) is 44.6 Å². The SMILES string of the molecule is Cc1ccc(NC(=O)CN(C)Cc2ccc(Br)s2)cc1S(=O)(=O)N(C)C. The van der Waals surface area contributed by atoms with Crippen molar-refractivity contribution in [1.82, 2.24) is 9.21 Å². The minimum atomic E-state index is -3.56. The van der Waals surface area contributed by atoms with Gasteiger partial charge in [0, 0.05) is 31.2 Å². The van der Waals surface area contributed by atoms with Crippen molar-refractivity contribution in [2.24, 2.45) is 0 Å². The fourth-order valence-corrected chi connectivity index (χ4v) is 5.06. The number of benzene rings is 1. The van der Waals surface area contributed by atoms with E-state index in [0.717, 1.165) is 13.0 Å². The van der Waals surface area contributed by atoms with Crippen molar-refractivity contribution in [2.75, 3.05) is 33.0 Å². The molecule has 0 fully saturated rings. The lowest BCUT2D eigenvalue weighted by Gasteiger charge is -2.17. The second-order valence-electron chi connectivity index (χ2n) is 6.19. The molecule has 0 saturated carbocycles. The third-order valence-corrected chi connectivity index (χ3v) is 7.26. The summed E-state index contributed by atoms with van der Waals surface area (Å²) in [7, 11) is 1.27. The number of nitrogens with one attached hydrogen (secondary N) is 1. The summed E-state index contributed by atoms with van der Waals surface area (Å²) in [6.45, 7) is 2.60. The summed E-state index contributed by atoms with van der Waals surface area (Å²) >= 11 is 5.05. The monoisotopic (exact) mass is 459 g/mol. The molecule has 0 unspecified atom stereocenters. The fourth-order valence-electron chi connectivity index (χ4n) is 2.36. The summed E-state index contributed by atoms with van der Waals surface area (Å²) in [5, 5.41) is 2.77. The molecule has 0 spiro atoms. The Kier molecular flexibility index (Phi) is 6.98. The van der Waals surface area contributed by atoms with Gasteiger partial charge in [0.25, 0.3) is 0 Å². The van der Waals surface area contributed by atoms with Gasteiger partial charge in [-0.25, -0.2) is 12.7 Å². The number of hydrogen-bond acceptors (Lipinski definition) is 5. The Bertz CT molecular complexity index is 894. The van der Waals surface area contributed by atoms with Gasteiger partial charge in [-0.15, -0.1) is 11.3 Å². The van der Waals surface area contributed by atoms with Gasteiger partial charge < -0.3 is 5.32 Å². The number of nitrogens with zero attached hydrogens (tertiary/aromatic N) is 2. The van der Waals surface area contributed by atoms with E-state index in [1.54, 1.807) is 30.4 Å². The number of carbonyl (C=O) groups excluding carboxylic acids is 1. The number of halogens is 1. The topological polar surface area (TPSA) is 69.7 Å². The normalized spacial score (nSPS) is 12.0. The highest BCUT2D eigenvalue weighted by molar-refractivity contribution is 9.11. The minimum Gasteiger partial charge on any atom is -0.325 e. The Morgan fingerprint density at radius 1 is 1.19 bits per heavy atom. The van der Waals surface area contributed by atoms with Gasteiger partial charge in [0.15, 0.2) is 0 Å². The molecule has 1 aromatic carbocycles. The lowest BCUT2D eigenvalue weighted by atomic mass is 10.2. The van der Waals surface area contributed by atoms with E-state index in [-0.39, 0.29) is 17.3 Å². The van der Waals surface area contributed by atoms with Crippen LogP contribution in [-0.2, 0) is 21.4 Å². The van der Waals surface area contributed by atoms with Crippen LogP contribution in [0.15, 0.2) is 39.0 Å². The van der Waals surface area contributed by atoms with Gasteiger partial charge in [0.1, 0.15) is 0 Å². The fraction of sp³-hybridized carbons (Fsp3) is 0.353. The van der Waals surface area contributed by atoms with Crippen LogP contribution in [0, 0.1) is 6.92 Å². The van der Waals surface area contributed by atoms with Crippen LogP contribution in [0.5, 0.6) is 0 Å². The highest BCUT2D eigenvalue weighted by atomic mass is 79.9. The first-order valence-corrected chi connectivity index (χ1v) is 10.9. The highest BCUT2D eigenvalue weighted by Crippen LogP contribution is 2.24. The summed E-state index contributed by atoms with van der Waals surface area (Å²) in [6.07, 6.45) is 0. The largest absolute Gasteiger partial charge is 0.325 e. The quantitative estimate of drug-likeness (QED) is 0.690. The lowest BCUT2D eigenvalue weighted by molar-refractivity contribution is -0.117. The molecule has 1 heterocycles. The Morgan fingerprint density at radius 3 is 2.46 bits per heavy atom. The zero-order chi connectivity index (χ0) is 19.5. The first kappa shape index (κ1) is 21.0. The molecule has 0 aliphatic heterocycles. The summed E-state index contributed by atoms with van der Waals surface area (Å²) in [6, 6.07) is 8.89. The van der Waals surface area contributed by atoms with E-state index < -0.39 is 10.0 Å². The number of sulfonamides is 1. The molecule has 6 nitrogen and oxygen atoms in total. The van der Waals surface area contributed by atoms with Crippen molar-refractivity contribution in [3.8, 4) is 0 Å². The Labute approximate surface area is 167 Å². The van der Waals surface area contributed by atoms with E-state index in [9.17, 15) is 13.2 Å². The van der Waals surface area contributed by atoms with Gasteiger partial charge in [-0.05, 0) is 59.7 Å². The number of aryl methyl sites for hydroxylation is 1. The van der Waals surface area contributed by atoms with Crippen molar-refractivity contribution in [1.29, 1.82) is 0 Å². The smallest absolute Gasteiger partial charge is 0.242 e. The van der Waals surface area contributed by atoms with E-state index >= 15 is 0 Å². The van der Waals surface area contributed by atoms with Crippen LogP contribution in [0.2, 0.25) is 0 Å². The van der Waals surface area contributed by atoms with Crippen LogP contribution in [0.3, 0.4) is 0 Å². The molecular weight excluding hydrogens is 438 g/mol. The van der Waals surface area contributed by atoms with Gasteiger partial charge in [-0.1, -0.05) is 6.07 Å².